The van der Waals surface area contributed by atoms with Crippen molar-refractivity contribution in [2.75, 3.05) is 4.90 Å². The van der Waals surface area contributed by atoms with Crippen LogP contribution in [0.15, 0.2) is 190 Å². The van der Waals surface area contributed by atoms with E-state index in [0.29, 0.717) is 0 Å². The molecule has 0 atom stereocenters. The molecular weight excluding hydrogens is 585 g/mol. The second-order valence-corrected chi connectivity index (χ2v) is 15.4. The third-order valence-corrected chi connectivity index (χ3v) is 13.8. The van der Waals surface area contributed by atoms with E-state index in [1.54, 1.807) is 11.3 Å². The largest absolute Gasteiger partial charge is 0.308 e. The van der Waals surface area contributed by atoms with Crippen LogP contribution in [-0.4, -0.2) is 4.98 Å². The van der Waals surface area contributed by atoms with Crippen molar-refractivity contribution in [2.45, 2.75) is 19.6 Å². The minimum absolute atomic E-state index is 1.08. The molecule has 2 aromatic heterocycles. The minimum Gasteiger partial charge on any atom is -0.308 e. The number of para-hydroxylation sites is 2. The summed E-state index contributed by atoms with van der Waals surface area (Å²) < 4.78 is 2.49. The minimum atomic E-state index is -1.76. The fraction of sp³-hybridized carbons (Fsp3) is 0. The van der Waals surface area contributed by atoms with Crippen molar-refractivity contribution < 1.29 is 0 Å². The van der Waals surface area contributed by atoms with Crippen LogP contribution in [0.5, 0.6) is 0 Å². The number of hydrogen-bond acceptors (Lipinski definition) is 3. The number of nitrogens with zero attached hydrogens (tertiary/aromatic N) is 2. The highest BCUT2D eigenvalue weighted by molar-refractivity contribution is 8.34. The van der Waals surface area contributed by atoms with Gasteiger partial charge in [0.1, 0.15) is 0 Å². The molecule has 0 unspecified atom stereocenters. The fourth-order valence-corrected chi connectivity index (χ4v) is 12.0. The molecule has 0 bridgehead atoms. The number of benzene rings is 6. The summed E-state index contributed by atoms with van der Waals surface area (Å²) in [4.78, 5) is 12.6. The van der Waals surface area contributed by atoms with Crippen LogP contribution in [0, 0.1) is 0 Å². The smallest absolute Gasteiger partial charge is 0.0888 e. The van der Waals surface area contributed by atoms with E-state index < -0.39 is 10.0 Å². The molecule has 0 saturated heterocycles. The van der Waals surface area contributed by atoms with Crippen molar-refractivity contribution in [3.63, 3.8) is 0 Å². The van der Waals surface area contributed by atoms with Crippen molar-refractivity contribution in [1.82, 2.24) is 4.98 Å². The number of rotatable bonds is 4. The van der Waals surface area contributed by atoms with Crippen LogP contribution in [0.3, 0.4) is 0 Å². The Bertz CT molecular complexity index is 2260. The molecule has 214 valence electrons. The van der Waals surface area contributed by atoms with E-state index >= 15 is 0 Å². The normalized spacial score (nSPS) is 14.2. The monoisotopic (exact) mass is 612 g/mol. The van der Waals surface area contributed by atoms with Crippen LogP contribution in [0.4, 0.5) is 17.1 Å². The van der Waals surface area contributed by atoms with Gasteiger partial charge in [0.2, 0.25) is 0 Å². The molecule has 3 heterocycles. The van der Waals surface area contributed by atoms with E-state index in [4.69, 9.17) is 4.98 Å². The second-order valence-electron chi connectivity index (χ2n) is 11.2. The molecule has 4 heteroatoms. The van der Waals surface area contributed by atoms with E-state index in [9.17, 15) is 0 Å². The molecule has 0 aliphatic carbocycles. The number of anilines is 3. The highest BCUT2D eigenvalue weighted by Gasteiger charge is 2.42. The zero-order chi connectivity index (χ0) is 29.8. The van der Waals surface area contributed by atoms with Crippen molar-refractivity contribution in [3.8, 4) is 11.1 Å². The Labute approximate surface area is 268 Å². The first-order valence-electron chi connectivity index (χ1n) is 15.1. The Morgan fingerprint density at radius 3 is 1.80 bits per heavy atom. The van der Waals surface area contributed by atoms with Crippen LogP contribution in [0.25, 0.3) is 31.4 Å². The molecule has 6 aromatic carbocycles. The van der Waals surface area contributed by atoms with Gasteiger partial charge in [0, 0.05) is 41.6 Å². The molecular formula is C41H28N2S2. The van der Waals surface area contributed by atoms with Crippen molar-refractivity contribution in [2.24, 2.45) is 0 Å². The molecule has 0 spiro atoms. The molecule has 1 aliphatic rings. The maximum absolute atomic E-state index is 4.71. The van der Waals surface area contributed by atoms with Gasteiger partial charge in [-0.3, -0.25) is 4.98 Å². The molecule has 2 nitrogen and oxygen atoms in total. The maximum atomic E-state index is 4.71. The summed E-state index contributed by atoms with van der Waals surface area (Å²) in [6.07, 6.45) is 1.89. The van der Waals surface area contributed by atoms with Gasteiger partial charge in [-0.25, -0.2) is 0 Å². The van der Waals surface area contributed by atoms with Gasteiger partial charge < -0.3 is 4.90 Å². The molecule has 0 radical (unpaired) electrons. The van der Waals surface area contributed by atoms with Crippen molar-refractivity contribution in [1.29, 1.82) is 0 Å². The van der Waals surface area contributed by atoms with Crippen molar-refractivity contribution in [3.05, 3.63) is 170 Å². The van der Waals surface area contributed by atoms with Gasteiger partial charge in [-0.15, -0.1) is 21.4 Å². The lowest BCUT2D eigenvalue weighted by atomic mass is 10.0. The van der Waals surface area contributed by atoms with Gasteiger partial charge in [-0.1, -0.05) is 78.9 Å². The third kappa shape index (κ3) is 4.00. The Morgan fingerprint density at radius 2 is 1.11 bits per heavy atom. The van der Waals surface area contributed by atoms with E-state index in [-0.39, 0.29) is 0 Å². The first kappa shape index (κ1) is 26.3. The Morgan fingerprint density at radius 1 is 0.489 bits per heavy atom. The summed E-state index contributed by atoms with van der Waals surface area (Å²) in [6, 6.07) is 60.2. The Kier molecular flexibility index (Phi) is 6.12. The predicted octanol–water partition coefficient (Wildman–Crippen LogP) is 12.2. The quantitative estimate of drug-likeness (QED) is 0.197. The van der Waals surface area contributed by atoms with Gasteiger partial charge in [0.05, 0.1) is 21.6 Å². The first-order chi connectivity index (χ1) is 22.3. The van der Waals surface area contributed by atoms with Gasteiger partial charge in [-0.2, -0.15) is 0 Å². The highest BCUT2D eigenvalue weighted by Crippen LogP contribution is 2.79. The van der Waals surface area contributed by atoms with E-state index in [2.05, 4.69) is 163 Å². The van der Waals surface area contributed by atoms with Gasteiger partial charge in [0.15, 0.2) is 0 Å². The van der Waals surface area contributed by atoms with E-state index in [1.807, 2.05) is 12.3 Å². The summed E-state index contributed by atoms with van der Waals surface area (Å²) in [5.74, 6) is 0. The summed E-state index contributed by atoms with van der Waals surface area (Å²) >= 11 is 1.80. The lowest BCUT2D eigenvalue weighted by Crippen LogP contribution is -2.21. The molecule has 9 rings (SSSR count). The van der Waals surface area contributed by atoms with E-state index in [0.717, 1.165) is 11.2 Å². The van der Waals surface area contributed by atoms with Crippen LogP contribution in [0.1, 0.15) is 0 Å². The van der Waals surface area contributed by atoms with Crippen LogP contribution in [-0.2, 0) is 0 Å². The molecule has 1 aliphatic heterocycles. The fourth-order valence-electron chi connectivity index (χ4n) is 6.82. The number of hydrogen-bond donors (Lipinski definition) is 0. The number of pyridine rings is 1. The summed E-state index contributed by atoms with van der Waals surface area (Å²) in [5, 5.41) is 1.21. The SMILES string of the molecule is c1ccc(S2(c3ccccc3)c3ccccc3N(c3cccc(-c4ccc5sc6cccnc6c5c4)c3)c3ccccc32)cc1. The summed E-state index contributed by atoms with van der Waals surface area (Å²) in [7, 11) is -1.76. The average molecular weight is 613 g/mol. The van der Waals surface area contributed by atoms with Crippen LogP contribution < -0.4 is 4.90 Å². The van der Waals surface area contributed by atoms with Crippen LogP contribution in [0.2, 0.25) is 0 Å². The molecule has 0 fully saturated rings. The maximum Gasteiger partial charge on any atom is 0.0888 e. The van der Waals surface area contributed by atoms with E-state index in [1.165, 1.54) is 56.9 Å². The van der Waals surface area contributed by atoms with Gasteiger partial charge in [-0.05, 0) is 96.1 Å². The number of thiophene rings is 1. The second kappa shape index (κ2) is 10.5. The topological polar surface area (TPSA) is 16.1 Å². The standard InChI is InChI=1S/C41H28N2S2/c1-3-15-32(16-4-1)45(33-17-5-2-6-18-33)39-22-9-7-19-35(39)43(36-20-8-10-23-40(36)45)31-14-11-13-29(27-31)30-24-25-37-34(28-30)41-38(44-37)21-12-26-42-41/h1-28H. The summed E-state index contributed by atoms with van der Waals surface area (Å²) in [5.41, 5.74) is 7.06. The number of fused-ring (bicyclic) bond motifs is 5. The molecule has 8 aromatic rings. The zero-order valence-corrected chi connectivity index (χ0v) is 26.0. The van der Waals surface area contributed by atoms with Gasteiger partial charge >= 0.3 is 0 Å². The average Bonchev–Trinajstić information content (AvgIpc) is 3.49. The predicted molar refractivity (Wildman–Crippen MR) is 191 cm³/mol. The van der Waals surface area contributed by atoms with Crippen molar-refractivity contribution >= 4 is 58.7 Å². The zero-order valence-electron chi connectivity index (χ0n) is 24.4. The van der Waals surface area contributed by atoms with Gasteiger partial charge in [0.25, 0.3) is 0 Å². The summed E-state index contributed by atoms with van der Waals surface area (Å²) in [6.45, 7) is 0. The Balaban J connectivity index is 1.27. The highest BCUT2D eigenvalue weighted by atomic mass is 32.3. The molecule has 45 heavy (non-hydrogen) atoms. The molecule has 0 saturated carbocycles. The first-order valence-corrected chi connectivity index (χ1v) is 17.6. The lowest BCUT2D eigenvalue weighted by molar-refractivity contribution is 1.12. The molecule has 0 amide bonds. The number of aromatic nitrogens is 1. The molecule has 0 N–H and O–H groups in total. The lowest BCUT2D eigenvalue weighted by Gasteiger charge is -2.49. The van der Waals surface area contributed by atoms with Crippen LogP contribution >= 0.6 is 21.4 Å². The third-order valence-electron chi connectivity index (χ3n) is 8.73. The Hall–Kier alpha value is -5.16.